The summed E-state index contributed by atoms with van der Waals surface area (Å²) in [7, 11) is 0. The predicted molar refractivity (Wildman–Crippen MR) is 68.1 cm³/mol. The van der Waals surface area contributed by atoms with Gasteiger partial charge in [-0.15, -0.1) is 0 Å². The Hall–Kier alpha value is -2.38. The second-order valence-corrected chi connectivity index (χ2v) is 3.69. The topological polar surface area (TPSA) is 125 Å². The fourth-order valence-electron chi connectivity index (χ4n) is 1.14. The number of primary amides is 1. The number of nitrogens with one attached hydrogen (secondary N) is 1. The van der Waals surface area contributed by atoms with Gasteiger partial charge in [0.15, 0.2) is 6.61 Å². The lowest BCUT2D eigenvalue weighted by atomic mass is 10.2. The molecule has 0 aliphatic rings. The standard InChI is InChI=1S/C12H18N2O6/c1-3-19-11(17)6-4-5-9(12(13)18)14-10(16)7-20-8(2)15/h4,6,9H,3,5,7H2,1-2H3,(H2,13,18)(H,14,16)/b6-4+/t9-/m0/s1. The summed E-state index contributed by atoms with van der Waals surface area (Å²) in [5, 5.41) is 2.28. The summed E-state index contributed by atoms with van der Waals surface area (Å²) >= 11 is 0. The summed E-state index contributed by atoms with van der Waals surface area (Å²) in [6.45, 7) is 2.55. The van der Waals surface area contributed by atoms with Crippen LogP contribution in [0.5, 0.6) is 0 Å². The molecule has 2 amide bonds. The van der Waals surface area contributed by atoms with Crippen LogP contribution in [0.15, 0.2) is 12.2 Å². The minimum Gasteiger partial charge on any atom is -0.463 e. The molecule has 0 aliphatic heterocycles. The van der Waals surface area contributed by atoms with Crippen LogP contribution >= 0.6 is 0 Å². The molecule has 0 aliphatic carbocycles. The summed E-state index contributed by atoms with van der Waals surface area (Å²) in [4.78, 5) is 44.0. The van der Waals surface area contributed by atoms with Crippen LogP contribution in [0.2, 0.25) is 0 Å². The van der Waals surface area contributed by atoms with E-state index < -0.39 is 36.4 Å². The molecule has 8 heteroatoms. The van der Waals surface area contributed by atoms with Gasteiger partial charge in [0.05, 0.1) is 6.61 Å². The Morgan fingerprint density at radius 1 is 1.25 bits per heavy atom. The monoisotopic (exact) mass is 286 g/mol. The highest BCUT2D eigenvalue weighted by Gasteiger charge is 2.17. The van der Waals surface area contributed by atoms with E-state index in [4.69, 9.17) is 5.73 Å². The van der Waals surface area contributed by atoms with Crippen LogP contribution in [0.4, 0.5) is 0 Å². The quantitative estimate of drug-likeness (QED) is 0.437. The molecule has 0 saturated carbocycles. The fourth-order valence-corrected chi connectivity index (χ4v) is 1.14. The highest BCUT2D eigenvalue weighted by molar-refractivity contribution is 5.88. The second kappa shape index (κ2) is 9.54. The van der Waals surface area contributed by atoms with E-state index in [-0.39, 0.29) is 13.0 Å². The van der Waals surface area contributed by atoms with Crippen molar-refractivity contribution in [1.29, 1.82) is 0 Å². The number of rotatable bonds is 8. The van der Waals surface area contributed by atoms with Crippen LogP contribution in [0.3, 0.4) is 0 Å². The lowest BCUT2D eigenvalue weighted by Gasteiger charge is -2.13. The van der Waals surface area contributed by atoms with Crippen molar-refractivity contribution in [3.05, 3.63) is 12.2 Å². The summed E-state index contributed by atoms with van der Waals surface area (Å²) in [6, 6.07) is -0.997. The van der Waals surface area contributed by atoms with E-state index in [0.717, 1.165) is 13.0 Å². The van der Waals surface area contributed by atoms with E-state index in [1.165, 1.54) is 6.08 Å². The lowest BCUT2D eigenvalue weighted by Crippen LogP contribution is -2.45. The summed E-state index contributed by atoms with van der Waals surface area (Å²) in [5.74, 6) is -2.59. The number of amides is 2. The molecule has 1 atom stereocenters. The van der Waals surface area contributed by atoms with Gasteiger partial charge < -0.3 is 20.5 Å². The number of carbonyl (C=O) groups excluding carboxylic acids is 4. The van der Waals surface area contributed by atoms with E-state index >= 15 is 0 Å². The van der Waals surface area contributed by atoms with Crippen molar-refractivity contribution in [2.75, 3.05) is 13.2 Å². The second-order valence-electron chi connectivity index (χ2n) is 3.69. The Balaban J connectivity index is 4.30. The predicted octanol–water partition coefficient (Wildman–Crippen LogP) is -0.971. The van der Waals surface area contributed by atoms with Crippen LogP contribution < -0.4 is 11.1 Å². The molecule has 0 unspecified atom stereocenters. The zero-order chi connectivity index (χ0) is 15.5. The molecule has 0 spiro atoms. The minimum absolute atomic E-state index is 0.0277. The number of ether oxygens (including phenoxy) is 2. The van der Waals surface area contributed by atoms with E-state index in [2.05, 4.69) is 14.8 Å². The largest absolute Gasteiger partial charge is 0.463 e. The van der Waals surface area contributed by atoms with Gasteiger partial charge in [-0.3, -0.25) is 14.4 Å². The number of hydrogen-bond donors (Lipinski definition) is 2. The third-order valence-electron chi connectivity index (χ3n) is 2.00. The van der Waals surface area contributed by atoms with Crippen molar-refractivity contribution in [1.82, 2.24) is 5.32 Å². The molecule has 8 nitrogen and oxygen atoms in total. The molecule has 0 rings (SSSR count). The van der Waals surface area contributed by atoms with E-state index in [1.807, 2.05) is 0 Å². The molecule has 0 heterocycles. The molecule has 0 radical (unpaired) electrons. The lowest BCUT2D eigenvalue weighted by molar-refractivity contribution is -0.146. The van der Waals surface area contributed by atoms with E-state index in [1.54, 1.807) is 6.92 Å². The molecule has 0 aromatic carbocycles. The summed E-state index contributed by atoms with van der Waals surface area (Å²) in [6.07, 6.45) is 2.52. The number of esters is 2. The van der Waals surface area contributed by atoms with Gasteiger partial charge in [-0.05, 0) is 13.3 Å². The number of hydrogen-bond acceptors (Lipinski definition) is 6. The van der Waals surface area contributed by atoms with E-state index in [9.17, 15) is 19.2 Å². The third kappa shape index (κ3) is 8.67. The first-order chi connectivity index (χ1) is 9.36. The maximum Gasteiger partial charge on any atom is 0.330 e. The van der Waals surface area contributed by atoms with Gasteiger partial charge in [0.1, 0.15) is 6.04 Å². The molecular formula is C12H18N2O6. The molecule has 0 fully saturated rings. The Bertz CT molecular complexity index is 405. The average molecular weight is 286 g/mol. The van der Waals surface area contributed by atoms with Crippen LogP contribution in [0.1, 0.15) is 20.3 Å². The smallest absolute Gasteiger partial charge is 0.330 e. The Labute approximate surface area is 116 Å². The molecule has 0 aromatic rings. The normalized spacial score (nSPS) is 11.7. The van der Waals surface area contributed by atoms with Crippen molar-refractivity contribution >= 4 is 23.8 Å². The van der Waals surface area contributed by atoms with Crippen LogP contribution in [-0.4, -0.2) is 43.0 Å². The molecule has 0 aromatic heterocycles. The first-order valence-corrected chi connectivity index (χ1v) is 5.92. The molecular weight excluding hydrogens is 268 g/mol. The van der Waals surface area contributed by atoms with Gasteiger partial charge in [-0.25, -0.2) is 4.79 Å². The molecule has 20 heavy (non-hydrogen) atoms. The van der Waals surface area contributed by atoms with Crippen molar-refractivity contribution in [2.24, 2.45) is 5.73 Å². The SMILES string of the molecule is CCOC(=O)/C=C/C[C@H](NC(=O)COC(C)=O)C(N)=O. The van der Waals surface area contributed by atoms with Crippen molar-refractivity contribution < 1.29 is 28.7 Å². The molecule has 0 bridgehead atoms. The molecule has 3 N–H and O–H groups in total. The maximum atomic E-state index is 11.4. The van der Waals surface area contributed by atoms with Gasteiger partial charge in [0, 0.05) is 13.0 Å². The van der Waals surface area contributed by atoms with Gasteiger partial charge >= 0.3 is 11.9 Å². The van der Waals surface area contributed by atoms with Gasteiger partial charge in [-0.2, -0.15) is 0 Å². The minimum atomic E-state index is -0.997. The van der Waals surface area contributed by atoms with Crippen molar-refractivity contribution in [2.45, 2.75) is 26.3 Å². The molecule has 112 valence electrons. The fraction of sp³-hybridized carbons (Fsp3) is 0.500. The highest BCUT2D eigenvalue weighted by atomic mass is 16.5. The van der Waals surface area contributed by atoms with E-state index in [0.29, 0.717) is 0 Å². The zero-order valence-corrected chi connectivity index (χ0v) is 11.4. The van der Waals surface area contributed by atoms with Gasteiger partial charge in [0.2, 0.25) is 5.91 Å². The zero-order valence-electron chi connectivity index (χ0n) is 11.4. The first-order valence-electron chi connectivity index (χ1n) is 5.92. The third-order valence-corrected chi connectivity index (χ3v) is 2.00. The number of nitrogens with two attached hydrogens (primary N) is 1. The summed E-state index contributed by atoms with van der Waals surface area (Å²) < 4.78 is 9.11. The van der Waals surface area contributed by atoms with Crippen LogP contribution in [-0.2, 0) is 28.7 Å². The van der Waals surface area contributed by atoms with Gasteiger partial charge in [-0.1, -0.05) is 6.08 Å². The average Bonchev–Trinajstić information content (AvgIpc) is 2.35. The Kier molecular flexibility index (Phi) is 8.40. The molecule has 0 saturated heterocycles. The summed E-state index contributed by atoms with van der Waals surface area (Å²) in [5.41, 5.74) is 5.11. The first kappa shape index (κ1) is 17.6. The highest BCUT2D eigenvalue weighted by Crippen LogP contribution is 1.95. The number of carbonyl (C=O) groups is 4. The van der Waals surface area contributed by atoms with Crippen LogP contribution in [0.25, 0.3) is 0 Å². The Morgan fingerprint density at radius 2 is 1.90 bits per heavy atom. The van der Waals surface area contributed by atoms with Crippen LogP contribution in [0, 0.1) is 0 Å². The Morgan fingerprint density at radius 3 is 2.40 bits per heavy atom. The van der Waals surface area contributed by atoms with Crippen molar-refractivity contribution in [3.63, 3.8) is 0 Å². The van der Waals surface area contributed by atoms with Crippen molar-refractivity contribution in [3.8, 4) is 0 Å². The maximum absolute atomic E-state index is 11.4. The van der Waals surface area contributed by atoms with Gasteiger partial charge in [0.25, 0.3) is 5.91 Å².